The van der Waals surface area contributed by atoms with E-state index in [1.54, 1.807) is 6.20 Å². The number of aryl methyl sites for hydroxylation is 2. The Bertz CT molecular complexity index is 551. The Hall–Kier alpha value is -1.54. The summed E-state index contributed by atoms with van der Waals surface area (Å²) in [5.41, 5.74) is 3.18. The lowest BCUT2D eigenvalue weighted by Crippen LogP contribution is -1.93. The van der Waals surface area contributed by atoms with Gasteiger partial charge >= 0.3 is 0 Å². The van der Waals surface area contributed by atoms with Crippen molar-refractivity contribution in [2.75, 3.05) is 0 Å². The van der Waals surface area contributed by atoms with Crippen molar-refractivity contribution < 1.29 is 4.74 Å². The number of alkyl halides is 1. The molecule has 0 atom stereocenters. The molecule has 0 saturated carbocycles. The summed E-state index contributed by atoms with van der Waals surface area (Å²) < 4.78 is 5.92. The Morgan fingerprint density at radius 2 is 1.95 bits per heavy atom. The average molecular weight is 290 g/mol. The number of unbranched alkanes of at least 4 members (excludes halogenated alkanes) is 1. The van der Waals surface area contributed by atoms with E-state index in [4.69, 9.17) is 16.3 Å². The van der Waals surface area contributed by atoms with Crippen LogP contribution in [0.3, 0.4) is 0 Å². The maximum Gasteiger partial charge on any atom is 0.135 e. The highest BCUT2D eigenvalue weighted by Gasteiger charge is 2.05. The molecule has 2 aromatic rings. The van der Waals surface area contributed by atoms with Crippen molar-refractivity contribution in [2.24, 2.45) is 0 Å². The topological polar surface area (TPSA) is 22.1 Å². The molecule has 1 aromatic carbocycles. The molecule has 1 heterocycles. The summed E-state index contributed by atoms with van der Waals surface area (Å²) in [6, 6.07) is 10.2. The summed E-state index contributed by atoms with van der Waals surface area (Å²) in [7, 11) is 0. The smallest absolute Gasteiger partial charge is 0.135 e. The molecule has 1 aromatic heterocycles. The van der Waals surface area contributed by atoms with Gasteiger partial charge in [0.25, 0.3) is 0 Å². The second-order valence-electron chi connectivity index (χ2n) is 4.92. The molecule has 0 bridgehead atoms. The second kappa shape index (κ2) is 7.30. The van der Waals surface area contributed by atoms with Crippen LogP contribution in [0.4, 0.5) is 0 Å². The zero-order valence-corrected chi connectivity index (χ0v) is 12.8. The SMILES string of the molecule is CCCCc1ccc(Oc2cc(C)ncc2CCl)cc1. The van der Waals surface area contributed by atoms with E-state index in [2.05, 4.69) is 24.0 Å². The summed E-state index contributed by atoms with van der Waals surface area (Å²) in [6.45, 7) is 4.15. The fraction of sp³-hybridized carbons (Fsp3) is 0.353. The molecule has 0 saturated heterocycles. The molecular formula is C17H20ClNO. The summed E-state index contributed by atoms with van der Waals surface area (Å²) in [4.78, 5) is 4.24. The molecule has 106 valence electrons. The maximum absolute atomic E-state index is 5.92. The highest BCUT2D eigenvalue weighted by molar-refractivity contribution is 6.17. The number of hydrogen-bond acceptors (Lipinski definition) is 2. The number of aromatic nitrogens is 1. The average Bonchev–Trinajstić information content (AvgIpc) is 2.47. The van der Waals surface area contributed by atoms with Gasteiger partial charge in [-0.25, -0.2) is 0 Å². The van der Waals surface area contributed by atoms with Crippen LogP contribution in [-0.4, -0.2) is 4.98 Å². The Morgan fingerprint density at radius 1 is 1.20 bits per heavy atom. The van der Waals surface area contributed by atoms with Gasteiger partial charge in [0.2, 0.25) is 0 Å². The highest BCUT2D eigenvalue weighted by atomic mass is 35.5. The second-order valence-corrected chi connectivity index (χ2v) is 5.18. The first-order valence-electron chi connectivity index (χ1n) is 7.01. The zero-order chi connectivity index (χ0) is 14.4. The van der Waals surface area contributed by atoms with Crippen LogP contribution < -0.4 is 4.74 Å². The van der Waals surface area contributed by atoms with Crippen molar-refractivity contribution in [1.82, 2.24) is 4.98 Å². The van der Waals surface area contributed by atoms with Gasteiger partial charge in [0.05, 0.1) is 5.88 Å². The summed E-state index contributed by atoms with van der Waals surface area (Å²) in [5.74, 6) is 2.02. The quantitative estimate of drug-likeness (QED) is 0.676. The van der Waals surface area contributed by atoms with Crippen molar-refractivity contribution in [3.63, 3.8) is 0 Å². The third-order valence-electron chi connectivity index (χ3n) is 3.19. The molecule has 0 radical (unpaired) electrons. The van der Waals surface area contributed by atoms with Crippen molar-refractivity contribution in [1.29, 1.82) is 0 Å². The first-order valence-corrected chi connectivity index (χ1v) is 7.54. The van der Waals surface area contributed by atoms with Crippen LogP contribution in [-0.2, 0) is 12.3 Å². The number of halogens is 1. The maximum atomic E-state index is 5.92. The van der Waals surface area contributed by atoms with Gasteiger partial charge in [0, 0.05) is 23.5 Å². The number of benzene rings is 1. The number of ether oxygens (including phenoxy) is 1. The Morgan fingerprint density at radius 3 is 2.60 bits per heavy atom. The molecule has 0 fully saturated rings. The molecule has 0 unspecified atom stereocenters. The van der Waals surface area contributed by atoms with E-state index in [1.165, 1.54) is 18.4 Å². The van der Waals surface area contributed by atoms with Crippen LogP contribution in [0.5, 0.6) is 11.5 Å². The molecule has 0 aliphatic rings. The molecule has 2 nitrogen and oxygen atoms in total. The molecule has 0 aliphatic heterocycles. The largest absolute Gasteiger partial charge is 0.457 e. The van der Waals surface area contributed by atoms with Crippen molar-refractivity contribution in [3.05, 3.63) is 53.3 Å². The zero-order valence-electron chi connectivity index (χ0n) is 12.0. The van der Waals surface area contributed by atoms with E-state index in [1.807, 2.05) is 25.1 Å². The first kappa shape index (κ1) is 14.9. The number of hydrogen-bond donors (Lipinski definition) is 0. The van der Waals surface area contributed by atoms with Crippen molar-refractivity contribution >= 4 is 11.6 Å². The minimum absolute atomic E-state index is 0.400. The minimum atomic E-state index is 0.400. The molecule has 0 spiro atoms. The van der Waals surface area contributed by atoms with E-state index in [0.29, 0.717) is 5.88 Å². The van der Waals surface area contributed by atoms with Gasteiger partial charge in [-0.15, -0.1) is 11.6 Å². The van der Waals surface area contributed by atoms with Crippen LogP contribution in [0.1, 0.15) is 36.6 Å². The van der Waals surface area contributed by atoms with E-state index in [0.717, 1.165) is 29.2 Å². The molecule has 0 aliphatic carbocycles. The fourth-order valence-electron chi connectivity index (χ4n) is 1.99. The first-order chi connectivity index (χ1) is 9.72. The number of pyridine rings is 1. The number of rotatable bonds is 6. The van der Waals surface area contributed by atoms with Crippen LogP contribution >= 0.6 is 11.6 Å². The molecule has 0 amide bonds. The van der Waals surface area contributed by atoms with E-state index in [9.17, 15) is 0 Å². The molecule has 2 rings (SSSR count). The third-order valence-corrected chi connectivity index (χ3v) is 3.48. The van der Waals surface area contributed by atoms with Gasteiger partial charge in [-0.05, 0) is 37.5 Å². The molecule has 0 N–H and O–H groups in total. The van der Waals surface area contributed by atoms with Gasteiger partial charge in [-0.2, -0.15) is 0 Å². The Labute approximate surface area is 125 Å². The predicted molar refractivity (Wildman–Crippen MR) is 83.7 cm³/mol. The van der Waals surface area contributed by atoms with Gasteiger partial charge in [-0.1, -0.05) is 25.5 Å². The number of nitrogens with zero attached hydrogens (tertiary/aromatic N) is 1. The monoisotopic (exact) mass is 289 g/mol. The van der Waals surface area contributed by atoms with E-state index in [-0.39, 0.29) is 0 Å². The van der Waals surface area contributed by atoms with Gasteiger partial charge < -0.3 is 4.74 Å². The van der Waals surface area contributed by atoms with Crippen LogP contribution in [0.15, 0.2) is 36.5 Å². The van der Waals surface area contributed by atoms with Crippen LogP contribution in [0.25, 0.3) is 0 Å². The lowest BCUT2D eigenvalue weighted by Gasteiger charge is -2.10. The standard InChI is InChI=1S/C17H20ClNO/c1-3-4-5-14-6-8-16(9-7-14)20-17-10-13(2)19-12-15(17)11-18/h6-10,12H,3-5,11H2,1-2H3. The van der Waals surface area contributed by atoms with Crippen LogP contribution in [0.2, 0.25) is 0 Å². The highest BCUT2D eigenvalue weighted by Crippen LogP contribution is 2.27. The van der Waals surface area contributed by atoms with Crippen LogP contribution in [0, 0.1) is 6.92 Å². The molecular weight excluding hydrogens is 270 g/mol. The van der Waals surface area contributed by atoms with Crippen molar-refractivity contribution in [2.45, 2.75) is 39.0 Å². The van der Waals surface area contributed by atoms with Gasteiger partial charge in [0.15, 0.2) is 0 Å². The summed E-state index contributed by atoms with van der Waals surface area (Å²) in [6.07, 6.45) is 5.33. The summed E-state index contributed by atoms with van der Waals surface area (Å²) >= 11 is 5.91. The van der Waals surface area contributed by atoms with Crippen molar-refractivity contribution in [3.8, 4) is 11.5 Å². The third kappa shape index (κ3) is 3.97. The molecule has 3 heteroatoms. The minimum Gasteiger partial charge on any atom is -0.457 e. The Kier molecular flexibility index (Phi) is 5.42. The lowest BCUT2D eigenvalue weighted by molar-refractivity contribution is 0.476. The Balaban J connectivity index is 2.11. The fourth-order valence-corrected chi connectivity index (χ4v) is 2.19. The molecule has 20 heavy (non-hydrogen) atoms. The lowest BCUT2D eigenvalue weighted by atomic mass is 10.1. The summed E-state index contributed by atoms with van der Waals surface area (Å²) in [5, 5.41) is 0. The van der Waals surface area contributed by atoms with Gasteiger partial charge in [-0.3, -0.25) is 4.98 Å². The van der Waals surface area contributed by atoms with Gasteiger partial charge in [0.1, 0.15) is 11.5 Å². The van der Waals surface area contributed by atoms with E-state index < -0.39 is 0 Å². The normalized spacial score (nSPS) is 10.6. The van der Waals surface area contributed by atoms with E-state index >= 15 is 0 Å². The predicted octanol–water partition coefficient (Wildman–Crippen LogP) is 5.26.